The number of hydrogen-bond donors (Lipinski definition) is 0. The van der Waals surface area contributed by atoms with Crippen molar-refractivity contribution in [1.82, 2.24) is 0 Å². The summed E-state index contributed by atoms with van der Waals surface area (Å²) in [5, 5.41) is 0. The second-order valence-electron chi connectivity index (χ2n) is 16.8. The Kier molecular flexibility index (Phi) is 18.1. The molecule has 0 radical (unpaired) electrons. The van der Waals surface area contributed by atoms with Crippen LogP contribution in [0.5, 0.6) is 0 Å². The Bertz CT molecular complexity index is 1170. The van der Waals surface area contributed by atoms with Crippen molar-refractivity contribution in [3.8, 4) is 0 Å². The Morgan fingerprint density at radius 1 is 0.396 bits per heavy atom. The topological polar surface area (TPSA) is 0 Å². The predicted octanol–water partition coefficient (Wildman–Crippen LogP) is 14.8. The van der Waals surface area contributed by atoms with E-state index in [1.807, 2.05) is 0 Å². The van der Waals surface area contributed by atoms with Gasteiger partial charge in [-0.15, -0.1) is 0 Å². The molecule has 0 spiro atoms. The van der Waals surface area contributed by atoms with E-state index in [-0.39, 0.29) is 0 Å². The molecule has 0 aliphatic heterocycles. The minimum atomic E-state index is 1.04. The third kappa shape index (κ3) is 15.5. The summed E-state index contributed by atoms with van der Waals surface area (Å²) in [5.41, 5.74) is 8.07. The normalized spacial score (nSPS) is 25.3. The van der Waals surface area contributed by atoms with Gasteiger partial charge in [0.25, 0.3) is 0 Å². The molecule has 3 aromatic carbocycles. The van der Waals surface area contributed by atoms with Gasteiger partial charge in [0.2, 0.25) is 0 Å². The number of hydrogen-bond acceptors (Lipinski definition) is 0. The van der Waals surface area contributed by atoms with Gasteiger partial charge in [-0.3, -0.25) is 0 Å². The minimum Gasteiger partial charge on any atom is -0.0625 e. The molecule has 0 heteroatoms. The molecule has 6 saturated carbocycles. The fourth-order valence-electron chi connectivity index (χ4n) is 8.74. The quantitative estimate of drug-likeness (QED) is 0.227. The van der Waals surface area contributed by atoms with Gasteiger partial charge in [-0.25, -0.2) is 0 Å². The van der Waals surface area contributed by atoms with Crippen LogP contribution in [0.3, 0.4) is 0 Å². The van der Waals surface area contributed by atoms with Crippen molar-refractivity contribution in [2.45, 2.75) is 152 Å². The summed E-state index contributed by atoms with van der Waals surface area (Å²) in [6.45, 7) is 19.8. The average Bonchev–Trinajstić information content (AvgIpc) is 3.55. The SMILES string of the molecule is CC1C2CC3CC(C2)CC1C3.CC1CCCC1.CC1CCCCC1.Cc1ccc(C)cc1.Cc1cccc(C)c1.Cc1ccccc1C. The van der Waals surface area contributed by atoms with Gasteiger partial charge in [-0.05, 0) is 126 Å². The second kappa shape index (κ2) is 21.7. The van der Waals surface area contributed by atoms with Crippen molar-refractivity contribution in [3.05, 3.63) is 106 Å². The highest BCUT2D eigenvalue weighted by molar-refractivity contribution is 5.23. The monoisotopic (exact) mass is 651 g/mol. The fraction of sp³-hybridized carbons (Fsp3) is 0.625. The average molecular weight is 651 g/mol. The molecule has 3 aromatic rings. The summed E-state index contributed by atoms with van der Waals surface area (Å²) < 4.78 is 0. The molecule has 0 N–H and O–H groups in total. The highest BCUT2D eigenvalue weighted by atomic mass is 14.5. The summed E-state index contributed by atoms with van der Waals surface area (Å²) >= 11 is 0. The molecule has 0 aromatic heterocycles. The molecular formula is C48H74. The van der Waals surface area contributed by atoms with Gasteiger partial charge in [0, 0.05) is 0 Å². The van der Waals surface area contributed by atoms with Gasteiger partial charge >= 0.3 is 0 Å². The van der Waals surface area contributed by atoms with E-state index in [1.165, 1.54) is 91.2 Å². The molecular weight excluding hydrogens is 577 g/mol. The Morgan fingerprint density at radius 2 is 0.771 bits per heavy atom. The molecule has 0 nitrogen and oxygen atoms in total. The summed E-state index contributed by atoms with van der Waals surface area (Å²) in [7, 11) is 0. The predicted molar refractivity (Wildman–Crippen MR) is 214 cm³/mol. The first-order chi connectivity index (χ1) is 23.0. The van der Waals surface area contributed by atoms with Crippen LogP contribution in [-0.4, -0.2) is 0 Å². The molecule has 9 rings (SSSR count). The molecule has 0 heterocycles. The van der Waals surface area contributed by atoms with Crippen molar-refractivity contribution < 1.29 is 0 Å². The van der Waals surface area contributed by atoms with E-state index in [1.54, 1.807) is 32.1 Å². The smallest absolute Gasteiger partial charge is 0.0381 e. The van der Waals surface area contributed by atoms with Gasteiger partial charge in [0.1, 0.15) is 0 Å². The summed E-state index contributed by atoms with van der Waals surface area (Å²) in [6, 6.07) is 25.3. The first-order valence-corrected chi connectivity index (χ1v) is 20.1. The van der Waals surface area contributed by atoms with Crippen LogP contribution in [0.2, 0.25) is 0 Å². The van der Waals surface area contributed by atoms with Gasteiger partial charge in [0.15, 0.2) is 0 Å². The van der Waals surface area contributed by atoms with Crippen LogP contribution < -0.4 is 0 Å². The highest BCUT2D eigenvalue weighted by Gasteiger charge is 2.46. The molecule has 0 amide bonds. The van der Waals surface area contributed by atoms with Crippen molar-refractivity contribution in [2.24, 2.45) is 41.4 Å². The Balaban J connectivity index is 0.000000158. The molecule has 6 aliphatic carbocycles. The first kappa shape index (κ1) is 40.1. The lowest BCUT2D eigenvalue weighted by atomic mass is 9.52. The van der Waals surface area contributed by atoms with Crippen LogP contribution in [0, 0.1) is 83.0 Å². The molecule has 0 unspecified atom stereocenters. The van der Waals surface area contributed by atoms with Crippen LogP contribution >= 0.6 is 0 Å². The van der Waals surface area contributed by atoms with Crippen molar-refractivity contribution in [2.75, 3.05) is 0 Å². The zero-order chi connectivity index (χ0) is 34.9. The van der Waals surface area contributed by atoms with Crippen LogP contribution in [0.25, 0.3) is 0 Å². The maximum Gasteiger partial charge on any atom is -0.0381 e. The lowest BCUT2D eigenvalue weighted by molar-refractivity contribution is -0.0282. The number of benzene rings is 3. The van der Waals surface area contributed by atoms with E-state index in [0.717, 1.165) is 41.4 Å². The van der Waals surface area contributed by atoms with E-state index >= 15 is 0 Å². The van der Waals surface area contributed by atoms with Crippen molar-refractivity contribution in [3.63, 3.8) is 0 Å². The molecule has 266 valence electrons. The lowest BCUT2D eigenvalue weighted by Crippen LogP contribution is -2.43. The molecule has 0 atom stereocenters. The first-order valence-electron chi connectivity index (χ1n) is 20.1. The molecule has 48 heavy (non-hydrogen) atoms. The maximum atomic E-state index is 2.51. The zero-order valence-electron chi connectivity index (χ0n) is 32.9. The Labute approximate surface area is 298 Å². The minimum absolute atomic E-state index is 1.04. The standard InChI is InChI=1S/C11H18.3C8H10.C7H14.C6H12/c1-7-10-3-8-2-9(5-10)6-11(7)4-8;1-7-3-5-8(2)6-4-7;1-7-4-3-5-8(2)6-7;1-7-5-3-4-6-8(7)2;1-7-5-3-2-4-6-7;1-6-4-2-3-5-6/h7-11H,2-6H2,1H3;3*3-6H,1-2H3;7H,2-6H2,1H3;6H,2-5H2,1H3. The maximum absolute atomic E-state index is 2.51. The van der Waals surface area contributed by atoms with Crippen LogP contribution in [-0.2, 0) is 0 Å². The summed E-state index contributed by atoms with van der Waals surface area (Å²) in [6.07, 6.45) is 21.3. The van der Waals surface area contributed by atoms with Gasteiger partial charge in [-0.1, -0.05) is 174 Å². The van der Waals surface area contributed by atoms with E-state index < -0.39 is 0 Å². The Hall–Kier alpha value is -2.34. The number of aryl methyl sites for hydroxylation is 6. The van der Waals surface area contributed by atoms with E-state index in [9.17, 15) is 0 Å². The molecule has 0 saturated heterocycles. The summed E-state index contributed by atoms with van der Waals surface area (Å²) in [4.78, 5) is 0. The van der Waals surface area contributed by atoms with Gasteiger partial charge in [-0.2, -0.15) is 0 Å². The molecule has 4 bridgehead atoms. The number of rotatable bonds is 0. The third-order valence-electron chi connectivity index (χ3n) is 12.1. The third-order valence-corrected chi connectivity index (χ3v) is 12.1. The van der Waals surface area contributed by atoms with Crippen molar-refractivity contribution in [1.29, 1.82) is 0 Å². The lowest BCUT2D eigenvalue weighted by Gasteiger charge is -2.53. The van der Waals surface area contributed by atoms with Crippen molar-refractivity contribution >= 4 is 0 Å². The Morgan fingerprint density at radius 3 is 1.04 bits per heavy atom. The van der Waals surface area contributed by atoms with Gasteiger partial charge < -0.3 is 0 Å². The summed E-state index contributed by atoms with van der Waals surface area (Å²) in [5.74, 6) is 7.78. The van der Waals surface area contributed by atoms with E-state index in [2.05, 4.69) is 135 Å². The van der Waals surface area contributed by atoms with Crippen LogP contribution in [0.15, 0.2) is 72.8 Å². The van der Waals surface area contributed by atoms with Crippen LogP contribution in [0.4, 0.5) is 0 Å². The molecule has 6 fully saturated rings. The molecule has 6 aliphatic rings. The van der Waals surface area contributed by atoms with Crippen LogP contribution in [0.1, 0.15) is 144 Å². The highest BCUT2D eigenvalue weighted by Crippen LogP contribution is 2.56. The van der Waals surface area contributed by atoms with Gasteiger partial charge in [0.05, 0.1) is 0 Å². The second-order valence-corrected chi connectivity index (χ2v) is 16.8. The fourth-order valence-corrected chi connectivity index (χ4v) is 8.74. The largest absolute Gasteiger partial charge is 0.0625 e. The van der Waals surface area contributed by atoms with E-state index in [4.69, 9.17) is 0 Å². The van der Waals surface area contributed by atoms with E-state index in [0.29, 0.717) is 0 Å². The zero-order valence-corrected chi connectivity index (χ0v) is 32.9.